The Morgan fingerprint density at radius 2 is 1.94 bits per heavy atom. The molecule has 9 heteroatoms. The van der Waals surface area contributed by atoms with Crippen LogP contribution in [0.4, 0.5) is 5.82 Å². The van der Waals surface area contributed by atoms with Crippen LogP contribution in [0, 0.1) is 5.92 Å². The van der Waals surface area contributed by atoms with E-state index in [0.29, 0.717) is 30.4 Å². The first-order chi connectivity index (χ1) is 15.7. The summed E-state index contributed by atoms with van der Waals surface area (Å²) in [5.41, 5.74) is 1.08. The van der Waals surface area contributed by atoms with E-state index in [9.17, 15) is 4.79 Å². The van der Waals surface area contributed by atoms with Crippen LogP contribution in [0.15, 0.2) is 48.8 Å². The number of carbonyl (C=O) groups excluding carboxylic acids is 1. The molecule has 1 aliphatic rings. The normalized spacial score (nSPS) is 15.9. The van der Waals surface area contributed by atoms with Crippen LogP contribution in [0.1, 0.15) is 18.4 Å². The van der Waals surface area contributed by atoms with Gasteiger partial charge in [-0.2, -0.15) is 5.10 Å². The summed E-state index contributed by atoms with van der Waals surface area (Å²) in [5.74, 6) is 2.85. The maximum Gasteiger partial charge on any atom is 0.224 e. The zero-order valence-corrected chi connectivity index (χ0v) is 18.4. The highest BCUT2D eigenvalue weighted by atomic mass is 16.5. The Labute approximate surface area is 187 Å². The van der Waals surface area contributed by atoms with Gasteiger partial charge in [-0.05, 0) is 55.2 Å². The maximum atomic E-state index is 12.8. The van der Waals surface area contributed by atoms with E-state index in [-0.39, 0.29) is 11.8 Å². The molecule has 3 heterocycles. The number of rotatable bonds is 8. The Morgan fingerprint density at radius 3 is 2.66 bits per heavy atom. The monoisotopic (exact) mass is 436 g/mol. The molecule has 4 rings (SSSR count). The number of hydrogen-bond acceptors (Lipinski definition) is 7. The van der Waals surface area contributed by atoms with Crippen LogP contribution in [0.2, 0.25) is 0 Å². The second-order valence-electron chi connectivity index (χ2n) is 7.72. The highest BCUT2D eigenvalue weighted by Gasteiger charge is 2.26. The summed E-state index contributed by atoms with van der Waals surface area (Å²) in [6.45, 7) is 2.08. The number of amides is 1. The summed E-state index contributed by atoms with van der Waals surface area (Å²) >= 11 is 0. The van der Waals surface area contributed by atoms with Gasteiger partial charge in [0.05, 0.1) is 20.1 Å². The number of anilines is 1. The molecule has 1 aromatic carbocycles. The summed E-state index contributed by atoms with van der Waals surface area (Å²) in [7, 11) is 3.23. The molecule has 1 fully saturated rings. The first-order valence-electron chi connectivity index (χ1n) is 10.7. The summed E-state index contributed by atoms with van der Waals surface area (Å²) in [6.07, 6.45) is 6.07. The number of carbonyl (C=O) groups is 1. The highest BCUT2D eigenvalue weighted by Crippen LogP contribution is 2.27. The molecule has 1 amide bonds. The van der Waals surface area contributed by atoms with Gasteiger partial charge in [-0.15, -0.1) is 10.2 Å². The van der Waals surface area contributed by atoms with E-state index >= 15 is 0 Å². The molecule has 9 nitrogen and oxygen atoms in total. The van der Waals surface area contributed by atoms with E-state index < -0.39 is 0 Å². The van der Waals surface area contributed by atoms with E-state index in [1.807, 2.05) is 42.6 Å². The average Bonchev–Trinajstić information content (AvgIpc) is 3.39. The molecule has 0 radical (unpaired) electrons. The van der Waals surface area contributed by atoms with Crippen molar-refractivity contribution in [3.63, 3.8) is 0 Å². The standard InChI is InChI=1S/C23H28N6O3/c1-31-19-7-6-17(15-20(19)32-2)10-12-24-23(30)18-5-3-13-28(16-18)21-8-9-22(27-26-21)29-14-4-11-25-29/h4,6-9,11,14-15,18H,3,5,10,12-13,16H2,1-2H3,(H,24,30)/t18-/m1/s1. The second-order valence-corrected chi connectivity index (χ2v) is 7.72. The van der Waals surface area contributed by atoms with Crippen molar-refractivity contribution in [1.29, 1.82) is 0 Å². The molecule has 0 saturated carbocycles. The Kier molecular flexibility index (Phi) is 6.84. The smallest absolute Gasteiger partial charge is 0.224 e. The fourth-order valence-electron chi connectivity index (χ4n) is 3.92. The van der Waals surface area contributed by atoms with Gasteiger partial charge in [0.25, 0.3) is 0 Å². The van der Waals surface area contributed by atoms with Crippen molar-refractivity contribution >= 4 is 11.7 Å². The lowest BCUT2D eigenvalue weighted by Crippen LogP contribution is -2.43. The van der Waals surface area contributed by atoms with Crippen molar-refractivity contribution in [3.8, 4) is 17.3 Å². The fourth-order valence-corrected chi connectivity index (χ4v) is 3.92. The zero-order chi connectivity index (χ0) is 22.3. The topological polar surface area (TPSA) is 94.4 Å². The van der Waals surface area contributed by atoms with E-state index in [1.54, 1.807) is 25.1 Å². The summed E-state index contributed by atoms with van der Waals surface area (Å²) in [4.78, 5) is 14.9. The van der Waals surface area contributed by atoms with Crippen LogP contribution in [0.5, 0.6) is 11.5 Å². The largest absolute Gasteiger partial charge is 0.493 e. The van der Waals surface area contributed by atoms with Crippen LogP contribution in [0.3, 0.4) is 0 Å². The lowest BCUT2D eigenvalue weighted by Gasteiger charge is -2.32. The Bertz CT molecular complexity index is 1020. The van der Waals surface area contributed by atoms with Gasteiger partial charge in [0, 0.05) is 32.0 Å². The minimum absolute atomic E-state index is 0.0678. The van der Waals surface area contributed by atoms with E-state index in [4.69, 9.17) is 9.47 Å². The number of methoxy groups -OCH3 is 2. The fraction of sp³-hybridized carbons (Fsp3) is 0.391. The lowest BCUT2D eigenvalue weighted by atomic mass is 9.97. The van der Waals surface area contributed by atoms with Gasteiger partial charge < -0.3 is 19.7 Å². The molecular weight excluding hydrogens is 408 g/mol. The molecular formula is C23H28N6O3. The van der Waals surface area contributed by atoms with Crippen molar-refractivity contribution < 1.29 is 14.3 Å². The molecule has 0 aliphatic carbocycles. The van der Waals surface area contributed by atoms with Crippen molar-refractivity contribution in [3.05, 3.63) is 54.4 Å². The minimum Gasteiger partial charge on any atom is -0.493 e. The number of nitrogens with one attached hydrogen (secondary N) is 1. The van der Waals surface area contributed by atoms with Crippen LogP contribution < -0.4 is 19.7 Å². The van der Waals surface area contributed by atoms with Crippen LogP contribution in [-0.4, -0.2) is 59.7 Å². The number of benzene rings is 1. The molecule has 0 spiro atoms. The van der Waals surface area contributed by atoms with Crippen molar-refractivity contribution in [2.45, 2.75) is 19.3 Å². The third kappa shape index (κ3) is 4.99. The maximum absolute atomic E-state index is 12.8. The van der Waals surface area contributed by atoms with E-state index in [1.165, 1.54) is 0 Å². The highest BCUT2D eigenvalue weighted by molar-refractivity contribution is 5.79. The number of hydrogen-bond donors (Lipinski definition) is 1. The van der Waals surface area contributed by atoms with Gasteiger partial charge in [-0.3, -0.25) is 4.79 Å². The van der Waals surface area contributed by atoms with Crippen molar-refractivity contribution in [1.82, 2.24) is 25.3 Å². The molecule has 1 N–H and O–H groups in total. The van der Waals surface area contributed by atoms with Gasteiger partial charge >= 0.3 is 0 Å². The molecule has 0 unspecified atom stereocenters. The third-order valence-electron chi connectivity index (χ3n) is 5.65. The van der Waals surface area contributed by atoms with E-state index in [2.05, 4.69) is 25.5 Å². The number of ether oxygens (including phenoxy) is 2. The summed E-state index contributed by atoms with van der Waals surface area (Å²) in [5, 5.41) is 15.9. The first kappa shape index (κ1) is 21.6. The molecule has 1 atom stereocenters. The Morgan fingerprint density at radius 1 is 1.12 bits per heavy atom. The number of nitrogens with zero attached hydrogens (tertiary/aromatic N) is 5. The van der Waals surface area contributed by atoms with Gasteiger partial charge in [0.2, 0.25) is 5.91 Å². The van der Waals surface area contributed by atoms with Gasteiger partial charge in [0.15, 0.2) is 23.1 Å². The zero-order valence-electron chi connectivity index (χ0n) is 18.4. The molecule has 3 aromatic rings. The number of aromatic nitrogens is 4. The summed E-state index contributed by atoms with van der Waals surface area (Å²) in [6, 6.07) is 11.5. The van der Waals surface area contributed by atoms with Crippen molar-refractivity contribution in [2.24, 2.45) is 5.92 Å². The molecule has 1 saturated heterocycles. The lowest BCUT2D eigenvalue weighted by molar-refractivity contribution is -0.125. The SMILES string of the molecule is COc1ccc(CCNC(=O)[C@@H]2CCCN(c3ccc(-n4cccn4)nn3)C2)cc1OC. The minimum atomic E-state index is -0.0678. The third-order valence-corrected chi connectivity index (χ3v) is 5.65. The van der Waals surface area contributed by atoms with Crippen LogP contribution >= 0.6 is 0 Å². The van der Waals surface area contributed by atoms with Crippen molar-refractivity contribution in [2.75, 3.05) is 38.8 Å². The second kappa shape index (κ2) is 10.1. The quantitative estimate of drug-likeness (QED) is 0.579. The predicted octanol–water partition coefficient (Wildman–Crippen LogP) is 2.25. The van der Waals surface area contributed by atoms with Crippen LogP contribution in [0.25, 0.3) is 5.82 Å². The van der Waals surface area contributed by atoms with E-state index in [0.717, 1.165) is 37.2 Å². The molecule has 2 aromatic heterocycles. The molecule has 32 heavy (non-hydrogen) atoms. The predicted molar refractivity (Wildman–Crippen MR) is 120 cm³/mol. The molecule has 0 bridgehead atoms. The van der Waals surface area contributed by atoms with Crippen LogP contribution in [-0.2, 0) is 11.2 Å². The Hall–Kier alpha value is -3.62. The van der Waals surface area contributed by atoms with Gasteiger partial charge in [0.1, 0.15) is 0 Å². The Balaban J connectivity index is 1.30. The van der Waals surface area contributed by atoms with Gasteiger partial charge in [-0.1, -0.05) is 6.07 Å². The average molecular weight is 437 g/mol. The van der Waals surface area contributed by atoms with Gasteiger partial charge in [-0.25, -0.2) is 4.68 Å². The molecule has 1 aliphatic heterocycles. The molecule has 168 valence electrons. The first-order valence-corrected chi connectivity index (χ1v) is 10.7. The summed E-state index contributed by atoms with van der Waals surface area (Å²) < 4.78 is 12.3. The number of piperidine rings is 1.